The first kappa shape index (κ1) is 17.9. The Hall–Kier alpha value is -2.92. The van der Waals surface area contributed by atoms with Crippen LogP contribution in [0.1, 0.15) is 27.4 Å². The highest BCUT2D eigenvalue weighted by molar-refractivity contribution is 6.30. The van der Waals surface area contributed by atoms with Crippen molar-refractivity contribution >= 4 is 34.7 Å². The number of anilines is 3. The van der Waals surface area contributed by atoms with Crippen molar-refractivity contribution in [2.45, 2.75) is 20.8 Å². The zero-order valence-electron chi connectivity index (χ0n) is 14.8. The smallest absolute Gasteiger partial charge is 0.274 e. The van der Waals surface area contributed by atoms with E-state index in [1.54, 1.807) is 37.3 Å². The Morgan fingerprint density at radius 1 is 1.00 bits per heavy atom. The molecule has 0 saturated carbocycles. The topological polar surface area (TPSA) is 66.9 Å². The molecule has 2 aromatic carbocycles. The summed E-state index contributed by atoms with van der Waals surface area (Å²) >= 11 is 5.96. The number of carbonyl (C=O) groups excluding carboxylic acids is 1. The molecule has 0 bridgehead atoms. The van der Waals surface area contributed by atoms with Gasteiger partial charge in [0.25, 0.3) is 5.91 Å². The van der Waals surface area contributed by atoms with Gasteiger partial charge in [-0.2, -0.15) is 0 Å². The third-order valence-electron chi connectivity index (χ3n) is 4.02. The fourth-order valence-electron chi connectivity index (χ4n) is 2.53. The number of nitrogens with zero attached hydrogens (tertiary/aromatic N) is 2. The lowest BCUT2D eigenvalue weighted by atomic mass is 10.1. The molecule has 5 nitrogen and oxygen atoms in total. The van der Waals surface area contributed by atoms with Crippen LogP contribution >= 0.6 is 11.6 Å². The molecule has 3 aromatic rings. The maximum Gasteiger partial charge on any atom is 0.274 e. The Morgan fingerprint density at radius 2 is 1.77 bits per heavy atom. The third-order valence-corrected chi connectivity index (χ3v) is 4.26. The van der Waals surface area contributed by atoms with E-state index >= 15 is 0 Å². The van der Waals surface area contributed by atoms with Crippen LogP contribution in [0, 0.1) is 20.8 Å². The second-order valence-electron chi connectivity index (χ2n) is 6.02. The van der Waals surface area contributed by atoms with Crippen molar-refractivity contribution in [2.24, 2.45) is 0 Å². The van der Waals surface area contributed by atoms with E-state index in [0.29, 0.717) is 22.4 Å². The summed E-state index contributed by atoms with van der Waals surface area (Å²) < 4.78 is 0. The Bertz CT molecular complexity index is 972. The van der Waals surface area contributed by atoms with Gasteiger partial charge >= 0.3 is 0 Å². The van der Waals surface area contributed by atoms with Crippen LogP contribution in [-0.4, -0.2) is 15.9 Å². The Morgan fingerprint density at radius 3 is 2.54 bits per heavy atom. The number of aryl methyl sites for hydroxylation is 2. The van der Waals surface area contributed by atoms with Gasteiger partial charge in [0.05, 0.1) is 0 Å². The number of hydrogen-bond donors (Lipinski definition) is 2. The van der Waals surface area contributed by atoms with Crippen molar-refractivity contribution in [2.75, 3.05) is 10.6 Å². The lowest BCUT2D eigenvalue weighted by Gasteiger charge is -2.12. The molecule has 1 aromatic heterocycles. The molecule has 3 rings (SSSR count). The van der Waals surface area contributed by atoms with Crippen LogP contribution in [0.15, 0.2) is 48.5 Å². The number of rotatable bonds is 4. The Labute approximate surface area is 157 Å². The first-order valence-electron chi connectivity index (χ1n) is 8.18. The van der Waals surface area contributed by atoms with Crippen molar-refractivity contribution in [3.05, 3.63) is 76.2 Å². The minimum Gasteiger partial charge on any atom is -0.340 e. The fraction of sp³-hybridized carbons (Fsp3) is 0.150. The quantitative estimate of drug-likeness (QED) is 0.678. The molecular formula is C20H19ClN4O. The molecule has 0 spiro atoms. The van der Waals surface area contributed by atoms with Crippen molar-refractivity contribution in [3.8, 4) is 0 Å². The van der Waals surface area contributed by atoms with Crippen LogP contribution in [0.2, 0.25) is 5.02 Å². The normalized spacial score (nSPS) is 10.5. The number of nitrogens with one attached hydrogen (secondary N) is 2. The van der Waals surface area contributed by atoms with Crippen LogP contribution in [0.25, 0.3) is 0 Å². The number of aromatic nitrogens is 2. The van der Waals surface area contributed by atoms with Crippen LogP contribution in [0.5, 0.6) is 0 Å². The molecule has 26 heavy (non-hydrogen) atoms. The highest BCUT2D eigenvalue weighted by Crippen LogP contribution is 2.22. The molecule has 0 aliphatic heterocycles. The van der Waals surface area contributed by atoms with Crippen molar-refractivity contribution in [3.63, 3.8) is 0 Å². The molecule has 132 valence electrons. The van der Waals surface area contributed by atoms with Crippen LogP contribution in [0.4, 0.5) is 17.2 Å². The van der Waals surface area contributed by atoms with E-state index < -0.39 is 0 Å². The van der Waals surface area contributed by atoms with Gasteiger partial charge in [-0.05, 0) is 56.2 Å². The zero-order chi connectivity index (χ0) is 18.7. The first-order valence-corrected chi connectivity index (χ1v) is 8.56. The molecule has 0 radical (unpaired) electrons. The van der Waals surface area contributed by atoms with E-state index in [2.05, 4.69) is 33.6 Å². The Balaban J connectivity index is 1.85. The molecule has 2 N–H and O–H groups in total. The van der Waals surface area contributed by atoms with Gasteiger partial charge in [-0.3, -0.25) is 4.79 Å². The van der Waals surface area contributed by atoms with Gasteiger partial charge in [0.1, 0.15) is 17.3 Å². The van der Waals surface area contributed by atoms with Gasteiger partial charge in [-0.25, -0.2) is 9.97 Å². The standard InChI is InChI=1S/C20H19ClN4O/c1-12-6-4-9-17(13(12)2)25-19-11-18(22-14(3)23-19)20(26)24-16-8-5-7-15(21)10-16/h4-11H,1-3H3,(H,24,26)(H,22,23,25). The highest BCUT2D eigenvalue weighted by Gasteiger charge is 2.12. The minimum atomic E-state index is -0.318. The summed E-state index contributed by atoms with van der Waals surface area (Å²) in [5.74, 6) is 0.765. The van der Waals surface area contributed by atoms with E-state index in [0.717, 1.165) is 11.3 Å². The molecular weight excluding hydrogens is 348 g/mol. The maximum absolute atomic E-state index is 12.5. The predicted octanol–water partition coefficient (Wildman–Crippen LogP) is 5.05. The summed E-state index contributed by atoms with van der Waals surface area (Å²) in [7, 11) is 0. The number of benzene rings is 2. The second kappa shape index (κ2) is 7.54. The molecule has 1 amide bonds. The van der Waals surface area contributed by atoms with Gasteiger partial charge < -0.3 is 10.6 Å². The molecule has 6 heteroatoms. The Kier molecular flexibility index (Phi) is 5.19. The van der Waals surface area contributed by atoms with E-state index in [-0.39, 0.29) is 11.6 Å². The molecule has 0 fully saturated rings. The molecule has 0 aliphatic carbocycles. The highest BCUT2D eigenvalue weighted by atomic mass is 35.5. The van der Waals surface area contributed by atoms with Crippen LogP contribution in [-0.2, 0) is 0 Å². The van der Waals surface area contributed by atoms with E-state index in [1.807, 2.05) is 19.1 Å². The van der Waals surface area contributed by atoms with Gasteiger partial charge in [0.2, 0.25) is 0 Å². The number of hydrogen-bond acceptors (Lipinski definition) is 4. The van der Waals surface area contributed by atoms with Crippen molar-refractivity contribution in [1.82, 2.24) is 9.97 Å². The zero-order valence-corrected chi connectivity index (χ0v) is 15.6. The molecule has 0 atom stereocenters. The first-order chi connectivity index (χ1) is 12.4. The number of amides is 1. The van der Waals surface area contributed by atoms with Gasteiger partial charge in [0.15, 0.2) is 0 Å². The van der Waals surface area contributed by atoms with Gasteiger partial charge in [-0.15, -0.1) is 0 Å². The summed E-state index contributed by atoms with van der Waals surface area (Å²) in [5, 5.41) is 6.62. The van der Waals surface area contributed by atoms with Crippen molar-refractivity contribution in [1.29, 1.82) is 0 Å². The SMILES string of the molecule is Cc1nc(Nc2cccc(C)c2C)cc(C(=O)Nc2cccc(Cl)c2)n1. The molecule has 0 saturated heterocycles. The maximum atomic E-state index is 12.5. The fourth-order valence-corrected chi connectivity index (χ4v) is 2.72. The summed E-state index contributed by atoms with van der Waals surface area (Å²) in [6.45, 7) is 5.85. The summed E-state index contributed by atoms with van der Waals surface area (Å²) in [6.07, 6.45) is 0. The summed E-state index contributed by atoms with van der Waals surface area (Å²) in [5.41, 5.74) is 4.16. The summed E-state index contributed by atoms with van der Waals surface area (Å²) in [6, 6.07) is 14.6. The van der Waals surface area contributed by atoms with Crippen molar-refractivity contribution < 1.29 is 4.79 Å². The number of halogens is 1. The minimum absolute atomic E-state index is 0.283. The molecule has 1 heterocycles. The average molecular weight is 367 g/mol. The summed E-state index contributed by atoms with van der Waals surface area (Å²) in [4.78, 5) is 21.1. The van der Waals surface area contributed by atoms with Crippen LogP contribution in [0.3, 0.4) is 0 Å². The number of carbonyl (C=O) groups is 1. The molecule has 0 unspecified atom stereocenters. The predicted molar refractivity (Wildman–Crippen MR) is 105 cm³/mol. The van der Waals surface area contributed by atoms with E-state index in [1.165, 1.54) is 5.56 Å². The van der Waals surface area contributed by atoms with Crippen LogP contribution < -0.4 is 10.6 Å². The monoisotopic (exact) mass is 366 g/mol. The lowest BCUT2D eigenvalue weighted by Crippen LogP contribution is -2.15. The van der Waals surface area contributed by atoms with Gasteiger partial charge in [0, 0.05) is 22.5 Å². The average Bonchev–Trinajstić information content (AvgIpc) is 2.58. The van der Waals surface area contributed by atoms with E-state index in [9.17, 15) is 4.79 Å². The third kappa shape index (κ3) is 4.18. The largest absolute Gasteiger partial charge is 0.340 e. The second-order valence-corrected chi connectivity index (χ2v) is 6.46. The lowest BCUT2D eigenvalue weighted by molar-refractivity contribution is 0.102. The molecule has 0 aliphatic rings. The van der Waals surface area contributed by atoms with E-state index in [4.69, 9.17) is 11.6 Å². The van der Waals surface area contributed by atoms with Gasteiger partial charge in [-0.1, -0.05) is 29.8 Å².